The largest absolute Gasteiger partial charge is 0.357 e. The number of aromatic nitrogens is 1. The smallest absolute Gasteiger partial charge is 0.128 e. The van der Waals surface area contributed by atoms with Crippen LogP contribution >= 0.6 is 11.6 Å². The first-order valence-electron chi connectivity index (χ1n) is 6.74. The lowest BCUT2D eigenvalue weighted by molar-refractivity contribution is 0.426. The van der Waals surface area contributed by atoms with E-state index in [1.165, 1.54) is 32.1 Å². The molecule has 1 saturated carbocycles. The fourth-order valence-electron chi connectivity index (χ4n) is 2.64. The van der Waals surface area contributed by atoms with Crippen LogP contribution in [0.25, 0.3) is 0 Å². The van der Waals surface area contributed by atoms with Gasteiger partial charge in [0.25, 0.3) is 0 Å². The van der Waals surface area contributed by atoms with Gasteiger partial charge in [-0.15, -0.1) is 0 Å². The molecule has 18 heavy (non-hydrogen) atoms. The molecule has 1 heterocycles. The number of hydrogen-bond donors (Lipinski definition) is 1. The Balaban J connectivity index is 2.13. The Labute approximate surface area is 115 Å². The standard InChI is InChI=1S/C14H22ClN3/c1-16-9-11-8-14(17-10-13(11)15)18(2)12-6-4-3-5-7-12/h8,10,12,16H,3-7,9H2,1-2H3. The zero-order valence-corrected chi connectivity index (χ0v) is 12.0. The molecule has 2 rings (SSSR count). The normalized spacial score (nSPS) is 16.8. The molecule has 1 aromatic rings. The first-order valence-corrected chi connectivity index (χ1v) is 7.12. The van der Waals surface area contributed by atoms with E-state index in [1.807, 2.05) is 7.05 Å². The van der Waals surface area contributed by atoms with Gasteiger partial charge >= 0.3 is 0 Å². The molecule has 0 bridgehead atoms. The van der Waals surface area contributed by atoms with Gasteiger partial charge in [-0.3, -0.25) is 0 Å². The maximum Gasteiger partial charge on any atom is 0.128 e. The molecule has 1 fully saturated rings. The summed E-state index contributed by atoms with van der Waals surface area (Å²) in [7, 11) is 4.08. The van der Waals surface area contributed by atoms with Gasteiger partial charge in [-0.1, -0.05) is 30.9 Å². The van der Waals surface area contributed by atoms with Crippen LogP contribution in [0.3, 0.4) is 0 Å². The number of halogens is 1. The van der Waals surface area contributed by atoms with Gasteiger partial charge in [0.15, 0.2) is 0 Å². The third-order valence-electron chi connectivity index (χ3n) is 3.77. The molecule has 1 aliphatic rings. The summed E-state index contributed by atoms with van der Waals surface area (Å²) in [6.07, 6.45) is 8.38. The Kier molecular flexibility index (Phi) is 4.84. The maximum atomic E-state index is 6.14. The molecule has 100 valence electrons. The molecule has 1 N–H and O–H groups in total. The van der Waals surface area contributed by atoms with Gasteiger partial charge in [0.05, 0.1) is 5.02 Å². The molecule has 0 amide bonds. The van der Waals surface area contributed by atoms with Gasteiger partial charge in [0, 0.05) is 25.8 Å². The molecule has 0 saturated heterocycles. The summed E-state index contributed by atoms with van der Waals surface area (Å²) < 4.78 is 0. The molecule has 0 aromatic carbocycles. The van der Waals surface area contributed by atoms with Crippen molar-refractivity contribution in [1.29, 1.82) is 0 Å². The third-order valence-corrected chi connectivity index (χ3v) is 4.11. The minimum Gasteiger partial charge on any atom is -0.357 e. The number of anilines is 1. The molecule has 4 heteroatoms. The lowest BCUT2D eigenvalue weighted by Crippen LogP contribution is -2.34. The van der Waals surface area contributed by atoms with Crippen LogP contribution in [0.2, 0.25) is 5.02 Å². The summed E-state index contributed by atoms with van der Waals surface area (Å²) in [4.78, 5) is 6.78. The highest BCUT2D eigenvalue weighted by atomic mass is 35.5. The Bertz CT molecular complexity index is 389. The highest BCUT2D eigenvalue weighted by Crippen LogP contribution is 2.27. The Morgan fingerprint density at radius 1 is 1.39 bits per heavy atom. The van der Waals surface area contributed by atoms with Crippen molar-refractivity contribution < 1.29 is 0 Å². The first-order chi connectivity index (χ1) is 8.72. The lowest BCUT2D eigenvalue weighted by atomic mass is 9.94. The zero-order chi connectivity index (χ0) is 13.0. The number of nitrogens with one attached hydrogen (secondary N) is 1. The van der Waals surface area contributed by atoms with Gasteiger partial charge in [-0.25, -0.2) is 4.98 Å². The summed E-state index contributed by atoms with van der Waals surface area (Å²) in [5, 5.41) is 3.88. The number of rotatable bonds is 4. The van der Waals surface area contributed by atoms with Gasteiger partial charge in [0.2, 0.25) is 0 Å². The molecule has 1 aromatic heterocycles. The topological polar surface area (TPSA) is 28.2 Å². The molecule has 1 aliphatic carbocycles. The molecule has 0 radical (unpaired) electrons. The Morgan fingerprint density at radius 3 is 2.78 bits per heavy atom. The van der Waals surface area contributed by atoms with E-state index in [4.69, 9.17) is 11.6 Å². The predicted octanol–water partition coefficient (Wildman–Crippen LogP) is 3.22. The van der Waals surface area contributed by atoms with Crippen LogP contribution in [0, 0.1) is 0 Å². The SMILES string of the molecule is CNCc1cc(N(C)C2CCCCC2)ncc1Cl. The van der Waals surface area contributed by atoms with E-state index in [2.05, 4.69) is 28.3 Å². The minimum atomic E-state index is 0.634. The number of nitrogens with zero attached hydrogens (tertiary/aromatic N) is 2. The molecular weight excluding hydrogens is 246 g/mol. The van der Waals surface area contributed by atoms with Crippen molar-refractivity contribution in [2.24, 2.45) is 0 Å². The number of hydrogen-bond acceptors (Lipinski definition) is 3. The summed E-state index contributed by atoms with van der Waals surface area (Å²) >= 11 is 6.14. The van der Waals surface area contributed by atoms with Crippen LogP contribution in [0.4, 0.5) is 5.82 Å². The molecule has 0 unspecified atom stereocenters. The third kappa shape index (κ3) is 3.15. The van der Waals surface area contributed by atoms with Gasteiger partial charge < -0.3 is 10.2 Å². The van der Waals surface area contributed by atoms with Crippen molar-refractivity contribution in [3.05, 3.63) is 22.8 Å². The molecule has 0 atom stereocenters. The van der Waals surface area contributed by atoms with E-state index in [-0.39, 0.29) is 0 Å². The average molecular weight is 268 g/mol. The van der Waals surface area contributed by atoms with Crippen molar-refractivity contribution in [2.75, 3.05) is 19.0 Å². The van der Waals surface area contributed by atoms with Crippen LogP contribution in [0.1, 0.15) is 37.7 Å². The van der Waals surface area contributed by atoms with E-state index in [0.717, 1.165) is 22.9 Å². The highest BCUT2D eigenvalue weighted by Gasteiger charge is 2.19. The Morgan fingerprint density at radius 2 is 2.11 bits per heavy atom. The summed E-state index contributed by atoms with van der Waals surface area (Å²) in [6.45, 7) is 0.785. The fourth-order valence-corrected chi connectivity index (χ4v) is 2.81. The second-order valence-corrected chi connectivity index (χ2v) is 5.47. The van der Waals surface area contributed by atoms with Crippen LogP contribution in [-0.4, -0.2) is 25.1 Å². The van der Waals surface area contributed by atoms with Gasteiger partial charge in [0.1, 0.15) is 5.82 Å². The monoisotopic (exact) mass is 267 g/mol. The molecule has 0 aliphatic heterocycles. The van der Waals surface area contributed by atoms with Crippen LogP contribution < -0.4 is 10.2 Å². The van der Waals surface area contributed by atoms with E-state index in [0.29, 0.717) is 6.04 Å². The zero-order valence-electron chi connectivity index (χ0n) is 11.2. The quantitative estimate of drug-likeness (QED) is 0.908. The molecule has 3 nitrogen and oxygen atoms in total. The summed E-state index contributed by atoms with van der Waals surface area (Å²) in [6, 6.07) is 2.74. The Hall–Kier alpha value is -0.800. The van der Waals surface area contributed by atoms with E-state index in [1.54, 1.807) is 6.20 Å². The summed E-state index contributed by atoms with van der Waals surface area (Å²) in [5.41, 5.74) is 1.12. The van der Waals surface area contributed by atoms with Crippen LogP contribution in [-0.2, 0) is 6.54 Å². The van der Waals surface area contributed by atoms with Crippen LogP contribution in [0.15, 0.2) is 12.3 Å². The molecular formula is C14H22ClN3. The molecule has 0 spiro atoms. The van der Waals surface area contributed by atoms with Gasteiger partial charge in [-0.2, -0.15) is 0 Å². The van der Waals surface area contributed by atoms with Crippen LogP contribution in [0.5, 0.6) is 0 Å². The van der Waals surface area contributed by atoms with Crippen molar-refractivity contribution in [3.8, 4) is 0 Å². The van der Waals surface area contributed by atoms with E-state index < -0.39 is 0 Å². The highest BCUT2D eigenvalue weighted by molar-refractivity contribution is 6.31. The second kappa shape index (κ2) is 6.39. The van der Waals surface area contributed by atoms with Crippen molar-refractivity contribution in [1.82, 2.24) is 10.3 Å². The number of pyridine rings is 1. The first kappa shape index (κ1) is 13.6. The second-order valence-electron chi connectivity index (χ2n) is 5.07. The van der Waals surface area contributed by atoms with Crippen molar-refractivity contribution in [3.63, 3.8) is 0 Å². The van der Waals surface area contributed by atoms with Crippen molar-refractivity contribution in [2.45, 2.75) is 44.7 Å². The van der Waals surface area contributed by atoms with E-state index >= 15 is 0 Å². The average Bonchev–Trinajstić information content (AvgIpc) is 2.42. The van der Waals surface area contributed by atoms with E-state index in [9.17, 15) is 0 Å². The lowest BCUT2D eigenvalue weighted by Gasteiger charge is -2.32. The fraction of sp³-hybridized carbons (Fsp3) is 0.643. The summed E-state index contributed by atoms with van der Waals surface area (Å²) in [5.74, 6) is 1.04. The predicted molar refractivity (Wildman–Crippen MR) is 77.3 cm³/mol. The van der Waals surface area contributed by atoms with Gasteiger partial charge in [-0.05, 0) is 31.5 Å². The van der Waals surface area contributed by atoms with Crippen molar-refractivity contribution >= 4 is 17.4 Å². The minimum absolute atomic E-state index is 0.634. The maximum absolute atomic E-state index is 6.14.